The number of hydrogen-bond donors (Lipinski definition) is 3. The van der Waals surface area contributed by atoms with Crippen LogP contribution in [0.3, 0.4) is 0 Å². The summed E-state index contributed by atoms with van der Waals surface area (Å²) in [5.41, 5.74) is 2.57. The van der Waals surface area contributed by atoms with Gasteiger partial charge >= 0.3 is 0 Å². The van der Waals surface area contributed by atoms with Gasteiger partial charge in [0.1, 0.15) is 0 Å². The fourth-order valence-electron chi connectivity index (χ4n) is 3.04. The van der Waals surface area contributed by atoms with Gasteiger partial charge in [0.25, 0.3) is 0 Å². The first-order valence-electron chi connectivity index (χ1n) is 9.56. The van der Waals surface area contributed by atoms with Crippen LogP contribution in [0.1, 0.15) is 32.3 Å². The Labute approximate surface area is 180 Å². The van der Waals surface area contributed by atoms with Crippen LogP contribution < -0.4 is 20.9 Å². The summed E-state index contributed by atoms with van der Waals surface area (Å²) in [4.78, 5) is 18.3. The highest BCUT2D eigenvalue weighted by atomic mass is 127. The first kappa shape index (κ1) is 23.5. The van der Waals surface area contributed by atoms with E-state index in [1.807, 2.05) is 13.8 Å². The maximum absolute atomic E-state index is 11.6. The van der Waals surface area contributed by atoms with E-state index >= 15 is 0 Å². The fraction of sp³-hybridized carbons (Fsp3) is 0.600. The van der Waals surface area contributed by atoms with Gasteiger partial charge in [0.15, 0.2) is 5.96 Å². The van der Waals surface area contributed by atoms with Gasteiger partial charge in [0, 0.05) is 50.9 Å². The SMILES string of the molecule is CN=C(NCCNC(=O)C(C)C)NC1CCCN(c2ccc(C)cc2)C1.I. The van der Waals surface area contributed by atoms with E-state index in [9.17, 15) is 4.79 Å². The number of piperidine rings is 1. The molecule has 0 aromatic heterocycles. The molecule has 1 unspecified atom stereocenters. The maximum atomic E-state index is 11.6. The van der Waals surface area contributed by atoms with E-state index in [-0.39, 0.29) is 35.8 Å². The quantitative estimate of drug-likeness (QED) is 0.250. The van der Waals surface area contributed by atoms with Crippen molar-refractivity contribution >= 4 is 41.5 Å². The number of rotatable bonds is 6. The summed E-state index contributed by atoms with van der Waals surface area (Å²) < 4.78 is 0. The Morgan fingerprint density at radius 1 is 1.22 bits per heavy atom. The number of aryl methyl sites for hydroxylation is 1. The monoisotopic (exact) mass is 487 g/mol. The van der Waals surface area contributed by atoms with Crippen molar-refractivity contribution in [3.05, 3.63) is 29.8 Å². The summed E-state index contributed by atoms with van der Waals surface area (Å²) in [6.45, 7) is 9.22. The summed E-state index contributed by atoms with van der Waals surface area (Å²) in [7, 11) is 1.78. The normalized spacial score (nSPS) is 17.3. The number of hydrogen-bond acceptors (Lipinski definition) is 3. The molecule has 7 heteroatoms. The number of anilines is 1. The highest BCUT2D eigenvalue weighted by molar-refractivity contribution is 14.0. The molecular formula is C20H34IN5O. The third-order valence-electron chi connectivity index (χ3n) is 4.63. The van der Waals surface area contributed by atoms with E-state index in [0.29, 0.717) is 19.1 Å². The molecule has 6 nitrogen and oxygen atoms in total. The fourth-order valence-corrected chi connectivity index (χ4v) is 3.04. The highest BCUT2D eigenvalue weighted by Gasteiger charge is 2.20. The van der Waals surface area contributed by atoms with Gasteiger partial charge in [-0.05, 0) is 31.9 Å². The molecule has 1 aromatic rings. The summed E-state index contributed by atoms with van der Waals surface area (Å²) in [6, 6.07) is 9.09. The second-order valence-corrected chi connectivity index (χ2v) is 7.21. The van der Waals surface area contributed by atoms with Crippen molar-refractivity contribution in [1.29, 1.82) is 0 Å². The Hall–Kier alpha value is -1.51. The Bertz CT molecular complexity index is 603. The van der Waals surface area contributed by atoms with E-state index in [1.165, 1.54) is 11.3 Å². The van der Waals surface area contributed by atoms with E-state index in [4.69, 9.17) is 0 Å². The summed E-state index contributed by atoms with van der Waals surface area (Å²) in [5, 5.41) is 9.70. The van der Waals surface area contributed by atoms with E-state index in [0.717, 1.165) is 31.9 Å². The molecule has 0 bridgehead atoms. The standard InChI is InChI=1S/C20H33N5O.HI/c1-15(2)19(26)22-11-12-23-20(21-4)24-17-6-5-13-25(14-17)18-9-7-16(3)8-10-18;/h7-10,15,17H,5-6,11-14H2,1-4H3,(H,22,26)(H2,21,23,24);1H. The van der Waals surface area contributed by atoms with Crippen molar-refractivity contribution in [2.75, 3.05) is 38.1 Å². The summed E-state index contributed by atoms with van der Waals surface area (Å²) in [5.74, 6) is 0.887. The molecule has 1 aliphatic rings. The third kappa shape index (κ3) is 7.94. The van der Waals surface area contributed by atoms with Crippen molar-refractivity contribution in [3.8, 4) is 0 Å². The van der Waals surface area contributed by atoms with Gasteiger partial charge in [0.2, 0.25) is 5.91 Å². The molecule has 0 aliphatic carbocycles. The van der Waals surface area contributed by atoms with Crippen LogP contribution in [0.15, 0.2) is 29.3 Å². The van der Waals surface area contributed by atoms with Crippen LogP contribution in [-0.2, 0) is 4.79 Å². The number of aliphatic imine (C=N–C) groups is 1. The topological polar surface area (TPSA) is 68.8 Å². The van der Waals surface area contributed by atoms with Gasteiger partial charge in [-0.3, -0.25) is 9.79 Å². The minimum atomic E-state index is 0. The molecule has 2 rings (SSSR count). The van der Waals surface area contributed by atoms with Gasteiger partial charge < -0.3 is 20.9 Å². The lowest BCUT2D eigenvalue weighted by Gasteiger charge is -2.35. The highest BCUT2D eigenvalue weighted by Crippen LogP contribution is 2.20. The Balaban J connectivity index is 0.00000364. The van der Waals surface area contributed by atoms with Crippen LogP contribution in [0.25, 0.3) is 0 Å². The van der Waals surface area contributed by atoms with Gasteiger partial charge in [-0.2, -0.15) is 0 Å². The van der Waals surface area contributed by atoms with E-state index in [1.54, 1.807) is 7.05 Å². The molecule has 1 heterocycles. The molecule has 1 amide bonds. The Kier molecular flexibility index (Phi) is 10.5. The first-order valence-corrected chi connectivity index (χ1v) is 9.56. The summed E-state index contributed by atoms with van der Waals surface area (Å²) in [6.07, 6.45) is 2.29. The van der Waals surface area contributed by atoms with Crippen molar-refractivity contribution in [1.82, 2.24) is 16.0 Å². The number of amides is 1. The van der Waals surface area contributed by atoms with Crippen molar-refractivity contribution in [3.63, 3.8) is 0 Å². The number of carbonyl (C=O) groups excluding carboxylic acids is 1. The van der Waals surface area contributed by atoms with Crippen LogP contribution in [-0.4, -0.2) is 51.1 Å². The zero-order valence-corrected chi connectivity index (χ0v) is 19.2. The van der Waals surface area contributed by atoms with Crippen LogP contribution >= 0.6 is 24.0 Å². The molecule has 1 saturated heterocycles. The molecule has 0 radical (unpaired) electrons. The molecule has 0 spiro atoms. The van der Waals surface area contributed by atoms with Gasteiger partial charge in [-0.15, -0.1) is 24.0 Å². The summed E-state index contributed by atoms with van der Waals surface area (Å²) >= 11 is 0. The minimum Gasteiger partial charge on any atom is -0.369 e. The number of carbonyl (C=O) groups is 1. The van der Waals surface area contributed by atoms with Crippen LogP contribution in [0.5, 0.6) is 0 Å². The van der Waals surface area contributed by atoms with E-state index in [2.05, 4.69) is 57.0 Å². The molecule has 1 aliphatic heterocycles. The lowest BCUT2D eigenvalue weighted by atomic mass is 10.0. The Morgan fingerprint density at radius 2 is 1.89 bits per heavy atom. The second-order valence-electron chi connectivity index (χ2n) is 7.21. The molecule has 152 valence electrons. The second kappa shape index (κ2) is 12.0. The van der Waals surface area contributed by atoms with Crippen molar-refractivity contribution in [2.45, 2.75) is 39.7 Å². The zero-order valence-electron chi connectivity index (χ0n) is 16.9. The molecule has 27 heavy (non-hydrogen) atoms. The number of nitrogens with zero attached hydrogens (tertiary/aromatic N) is 2. The predicted octanol–water partition coefficient (Wildman–Crippen LogP) is 2.52. The smallest absolute Gasteiger partial charge is 0.222 e. The van der Waals surface area contributed by atoms with Crippen LogP contribution in [0.2, 0.25) is 0 Å². The largest absolute Gasteiger partial charge is 0.369 e. The van der Waals surface area contributed by atoms with Gasteiger partial charge in [0.05, 0.1) is 0 Å². The molecule has 1 fully saturated rings. The van der Waals surface area contributed by atoms with Crippen LogP contribution in [0.4, 0.5) is 5.69 Å². The predicted molar refractivity (Wildman–Crippen MR) is 124 cm³/mol. The number of halogens is 1. The Morgan fingerprint density at radius 3 is 2.52 bits per heavy atom. The minimum absolute atomic E-state index is 0. The lowest BCUT2D eigenvalue weighted by Crippen LogP contribution is -2.52. The van der Waals surface area contributed by atoms with Crippen molar-refractivity contribution < 1.29 is 4.79 Å². The molecule has 3 N–H and O–H groups in total. The van der Waals surface area contributed by atoms with Crippen molar-refractivity contribution in [2.24, 2.45) is 10.9 Å². The first-order chi connectivity index (χ1) is 12.5. The average Bonchev–Trinajstić information content (AvgIpc) is 2.64. The molecule has 1 atom stereocenters. The molecular weight excluding hydrogens is 453 g/mol. The van der Waals surface area contributed by atoms with Gasteiger partial charge in [-0.1, -0.05) is 31.5 Å². The molecule has 1 aromatic carbocycles. The van der Waals surface area contributed by atoms with E-state index < -0.39 is 0 Å². The number of guanidine groups is 1. The molecule has 0 saturated carbocycles. The average molecular weight is 487 g/mol. The van der Waals surface area contributed by atoms with Gasteiger partial charge in [-0.25, -0.2) is 0 Å². The maximum Gasteiger partial charge on any atom is 0.222 e. The van der Waals surface area contributed by atoms with Crippen LogP contribution in [0, 0.1) is 12.8 Å². The number of nitrogens with one attached hydrogen (secondary N) is 3. The lowest BCUT2D eigenvalue weighted by molar-refractivity contribution is -0.123. The zero-order chi connectivity index (χ0) is 18.9. The third-order valence-corrected chi connectivity index (χ3v) is 4.63. The number of benzene rings is 1.